The molecule has 1 amide bonds. The highest BCUT2D eigenvalue weighted by atomic mass is 16.5. The molecule has 2 rings (SSSR count). The first-order valence-electron chi connectivity index (χ1n) is 11.1. The number of benzene rings is 2. The fraction of sp³-hybridized carbons (Fsp3) is 0.440. The molecule has 0 heterocycles. The van der Waals surface area contributed by atoms with E-state index in [4.69, 9.17) is 4.74 Å². The lowest BCUT2D eigenvalue weighted by atomic mass is 10.1. The first kappa shape index (κ1) is 25.2. The number of anilines is 1. The van der Waals surface area contributed by atoms with E-state index in [0.29, 0.717) is 25.6 Å². The summed E-state index contributed by atoms with van der Waals surface area (Å²) in [6.45, 7) is 11.2. The number of nitrogens with one attached hydrogen (secondary N) is 3. The lowest BCUT2D eigenvalue weighted by molar-refractivity contribution is -0.118. The fourth-order valence-corrected chi connectivity index (χ4v) is 2.84. The minimum Gasteiger partial charge on any atom is -0.491 e. The maximum atomic E-state index is 11.8. The molecule has 0 aliphatic carbocycles. The number of guanidine groups is 1. The van der Waals surface area contributed by atoms with Gasteiger partial charge in [0.25, 0.3) is 0 Å². The minimum absolute atomic E-state index is 0.00458. The first-order chi connectivity index (χ1) is 15.3. The lowest BCUT2D eigenvalue weighted by Crippen LogP contribution is -2.39. The largest absolute Gasteiger partial charge is 0.491 e. The van der Waals surface area contributed by atoms with Gasteiger partial charge in [-0.25, -0.2) is 4.99 Å². The number of hydrogen-bond donors (Lipinski definition) is 4. The monoisotopic (exact) mass is 440 g/mol. The molecule has 0 aliphatic heterocycles. The van der Waals surface area contributed by atoms with Crippen LogP contribution in [0, 0.1) is 5.92 Å². The van der Waals surface area contributed by atoms with E-state index < -0.39 is 6.10 Å². The molecule has 2 aromatic carbocycles. The SMILES string of the molecule is CCNC(=NCc1ccc(NC(=O)C(C)C)cc1)NCC(O)c1ccc(OC(C)C)cc1. The quantitative estimate of drug-likeness (QED) is 0.332. The van der Waals surface area contributed by atoms with E-state index in [1.54, 1.807) is 0 Å². The summed E-state index contributed by atoms with van der Waals surface area (Å²) >= 11 is 0. The summed E-state index contributed by atoms with van der Waals surface area (Å²) in [7, 11) is 0. The Morgan fingerprint density at radius 2 is 1.66 bits per heavy atom. The van der Waals surface area contributed by atoms with Crippen LogP contribution in [0.15, 0.2) is 53.5 Å². The summed E-state index contributed by atoms with van der Waals surface area (Å²) in [4.78, 5) is 16.4. The van der Waals surface area contributed by atoms with Crippen LogP contribution in [0.25, 0.3) is 0 Å². The number of nitrogens with zero attached hydrogens (tertiary/aromatic N) is 1. The summed E-state index contributed by atoms with van der Waals surface area (Å²) in [5.41, 5.74) is 2.60. The summed E-state index contributed by atoms with van der Waals surface area (Å²) in [5, 5.41) is 19.8. The highest BCUT2D eigenvalue weighted by Gasteiger charge is 2.10. The van der Waals surface area contributed by atoms with Gasteiger partial charge in [-0.2, -0.15) is 0 Å². The Kier molecular flexibility index (Phi) is 10.0. The average Bonchev–Trinajstić information content (AvgIpc) is 2.76. The van der Waals surface area contributed by atoms with Crippen molar-refractivity contribution in [3.63, 3.8) is 0 Å². The molecule has 0 spiro atoms. The third kappa shape index (κ3) is 8.59. The van der Waals surface area contributed by atoms with Gasteiger partial charge in [-0.1, -0.05) is 38.1 Å². The number of aliphatic hydroxyl groups is 1. The van der Waals surface area contributed by atoms with Gasteiger partial charge in [0.1, 0.15) is 5.75 Å². The van der Waals surface area contributed by atoms with Gasteiger partial charge >= 0.3 is 0 Å². The summed E-state index contributed by atoms with van der Waals surface area (Å²) in [6, 6.07) is 15.1. The molecule has 0 saturated heterocycles. The zero-order chi connectivity index (χ0) is 23.5. The van der Waals surface area contributed by atoms with Crippen LogP contribution in [0.5, 0.6) is 5.75 Å². The predicted octanol–water partition coefficient (Wildman–Crippen LogP) is 3.86. The molecule has 1 unspecified atom stereocenters. The highest BCUT2D eigenvalue weighted by molar-refractivity contribution is 5.92. The van der Waals surface area contributed by atoms with Crippen LogP contribution in [0.3, 0.4) is 0 Å². The van der Waals surface area contributed by atoms with E-state index >= 15 is 0 Å². The number of ether oxygens (including phenoxy) is 1. The molecule has 0 bridgehead atoms. The summed E-state index contributed by atoms with van der Waals surface area (Å²) in [5.74, 6) is 1.35. The Hall–Kier alpha value is -3.06. The van der Waals surface area contributed by atoms with Gasteiger partial charge in [-0.3, -0.25) is 4.79 Å². The van der Waals surface area contributed by atoms with E-state index in [-0.39, 0.29) is 17.9 Å². The van der Waals surface area contributed by atoms with Gasteiger partial charge in [0.2, 0.25) is 5.91 Å². The van der Waals surface area contributed by atoms with Gasteiger partial charge in [0.15, 0.2) is 5.96 Å². The Bertz CT molecular complexity index is 862. The van der Waals surface area contributed by atoms with Gasteiger partial charge in [-0.15, -0.1) is 0 Å². The van der Waals surface area contributed by atoms with Gasteiger partial charge < -0.3 is 25.8 Å². The number of carbonyl (C=O) groups is 1. The van der Waals surface area contributed by atoms with Crippen LogP contribution >= 0.6 is 0 Å². The van der Waals surface area contributed by atoms with Gasteiger partial charge in [0, 0.05) is 24.7 Å². The molecular weight excluding hydrogens is 404 g/mol. The predicted molar refractivity (Wildman–Crippen MR) is 130 cm³/mol. The summed E-state index contributed by atoms with van der Waals surface area (Å²) < 4.78 is 5.64. The maximum absolute atomic E-state index is 11.8. The van der Waals surface area contributed by atoms with Gasteiger partial charge in [0.05, 0.1) is 18.8 Å². The summed E-state index contributed by atoms with van der Waals surface area (Å²) in [6.07, 6.45) is -0.558. The molecule has 7 nitrogen and oxygen atoms in total. The molecule has 0 aromatic heterocycles. The number of aliphatic imine (C=N–C) groups is 1. The number of carbonyl (C=O) groups excluding carboxylic acids is 1. The third-order valence-electron chi connectivity index (χ3n) is 4.61. The number of hydrogen-bond acceptors (Lipinski definition) is 4. The van der Waals surface area contributed by atoms with Crippen LogP contribution in [0.4, 0.5) is 5.69 Å². The van der Waals surface area contributed by atoms with Crippen LogP contribution < -0.4 is 20.7 Å². The first-order valence-corrected chi connectivity index (χ1v) is 11.1. The van der Waals surface area contributed by atoms with Crippen molar-refractivity contribution < 1.29 is 14.6 Å². The molecule has 0 aliphatic rings. The molecule has 4 N–H and O–H groups in total. The van der Waals surface area contributed by atoms with Crippen molar-refractivity contribution in [2.24, 2.45) is 10.9 Å². The molecule has 174 valence electrons. The van der Waals surface area contributed by atoms with Crippen LogP contribution in [-0.2, 0) is 11.3 Å². The van der Waals surface area contributed by atoms with E-state index in [0.717, 1.165) is 22.6 Å². The Labute approximate surface area is 191 Å². The van der Waals surface area contributed by atoms with Crippen molar-refractivity contribution in [2.45, 2.75) is 53.4 Å². The number of amides is 1. The molecule has 32 heavy (non-hydrogen) atoms. The Balaban J connectivity index is 1.91. The van der Waals surface area contributed by atoms with Gasteiger partial charge in [-0.05, 0) is 56.2 Å². The van der Waals surface area contributed by atoms with Crippen LogP contribution in [0.2, 0.25) is 0 Å². The molecule has 0 saturated carbocycles. The second kappa shape index (κ2) is 12.7. The molecule has 0 radical (unpaired) electrons. The van der Waals surface area contributed by atoms with E-state index in [1.165, 1.54) is 0 Å². The zero-order valence-corrected chi connectivity index (χ0v) is 19.7. The van der Waals surface area contributed by atoms with E-state index in [9.17, 15) is 9.90 Å². The number of rotatable bonds is 10. The molecule has 2 aromatic rings. The van der Waals surface area contributed by atoms with Crippen LogP contribution in [0.1, 0.15) is 51.8 Å². The van der Waals surface area contributed by atoms with Crippen molar-refractivity contribution >= 4 is 17.6 Å². The van der Waals surface area contributed by atoms with E-state index in [1.807, 2.05) is 83.1 Å². The average molecular weight is 441 g/mol. The highest BCUT2D eigenvalue weighted by Crippen LogP contribution is 2.18. The Morgan fingerprint density at radius 3 is 2.22 bits per heavy atom. The second-order valence-corrected chi connectivity index (χ2v) is 8.17. The second-order valence-electron chi connectivity index (χ2n) is 8.17. The standard InChI is InChI=1S/C25H36N4O3/c1-6-26-25(27-15-19-7-11-21(12-8-19)29-24(31)17(2)3)28-16-23(30)20-9-13-22(14-10-20)32-18(4)5/h7-14,17-18,23,30H,6,15-16H2,1-5H3,(H,29,31)(H2,26,27,28). The third-order valence-corrected chi connectivity index (χ3v) is 4.61. The number of aliphatic hydroxyl groups excluding tert-OH is 1. The lowest BCUT2D eigenvalue weighted by Gasteiger charge is -2.16. The normalized spacial score (nSPS) is 12.6. The topological polar surface area (TPSA) is 95.0 Å². The zero-order valence-electron chi connectivity index (χ0n) is 19.7. The van der Waals surface area contributed by atoms with Crippen molar-refractivity contribution in [2.75, 3.05) is 18.4 Å². The maximum Gasteiger partial charge on any atom is 0.226 e. The van der Waals surface area contributed by atoms with Crippen molar-refractivity contribution in [1.82, 2.24) is 10.6 Å². The van der Waals surface area contributed by atoms with Crippen molar-refractivity contribution in [3.8, 4) is 5.75 Å². The fourth-order valence-electron chi connectivity index (χ4n) is 2.84. The molecular formula is C25H36N4O3. The smallest absolute Gasteiger partial charge is 0.226 e. The van der Waals surface area contributed by atoms with Crippen molar-refractivity contribution in [3.05, 3.63) is 59.7 Å². The minimum atomic E-state index is -0.671. The molecule has 7 heteroatoms. The Morgan fingerprint density at radius 1 is 1.00 bits per heavy atom. The van der Waals surface area contributed by atoms with Crippen LogP contribution in [-0.4, -0.2) is 36.2 Å². The molecule has 0 fully saturated rings. The molecule has 1 atom stereocenters. The van der Waals surface area contributed by atoms with Crippen molar-refractivity contribution in [1.29, 1.82) is 0 Å². The van der Waals surface area contributed by atoms with E-state index in [2.05, 4.69) is 20.9 Å².